The molecule has 0 aromatic carbocycles. The second-order valence-corrected chi connectivity index (χ2v) is 5.84. The highest BCUT2D eigenvalue weighted by atomic mass is 32.2. The zero-order valence-corrected chi connectivity index (χ0v) is 9.32. The Morgan fingerprint density at radius 1 is 1.31 bits per heavy atom. The van der Waals surface area contributed by atoms with Crippen LogP contribution >= 0.6 is 11.8 Å². The zero-order valence-electron chi connectivity index (χ0n) is 8.51. The first-order valence-electron chi connectivity index (χ1n) is 5.14. The predicted molar refractivity (Wildman–Crippen MR) is 57.0 cm³/mol. The molecule has 0 saturated carbocycles. The minimum Gasteiger partial charge on any atom is -0.381 e. The average molecular weight is 201 g/mol. The summed E-state index contributed by atoms with van der Waals surface area (Å²) in [5.74, 6) is 2.08. The van der Waals surface area contributed by atoms with E-state index in [1.165, 1.54) is 18.6 Å². The maximum atomic E-state index is 5.37. The number of rotatable bonds is 1. The summed E-state index contributed by atoms with van der Waals surface area (Å²) >= 11 is 2.09. The Bertz CT molecular complexity index is 178. The van der Waals surface area contributed by atoms with Crippen LogP contribution in [-0.4, -0.2) is 29.9 Å². The smallest absolute Gasteiger partial charge is 0.0567 e. The van der Waals surface area contributed by atoms with Gasteiger partial charge in [0, 0.05) is 24.5 Å². The third-order valence-electron chi connectivity index (χ3n) is 2.85. The van der Waals surface area contributed by atoms with Gasteiger partial charge in [-0.1, -0.05) is 0 Å². The van der Waals surface area contributed by atoms with Crippen LogP contribution in [0.5, 0.6) is 0 Å². The van der Waals surface area contributed by atoms with E-state index in [9.17, 15) is 0 Å². The van der Waals surface area contributed by atoms with Gasteiger partial charge in [0.15, 0.2) is 0 Å². The highest BCUT2D eigenvalue weighted by Gasteiger charge is 2.35. The first-order chi connectivity index (χ1) is 6.17. The maximum Gasteiger partial charge on any atom is 0.0567 e. The van der Waals surface area contributed by atoms with E-state index >= 15 is 0 Å². The molecule has 13 heavy (non-hydrogen) atoms. The maximum absolute atomic E-state index is 5.37. The second-order valence-electron chi connectivity index (χ2n) is 4.71. The molecule has 0 aromatic heterocycles. The fraction of sp³-hybridized carbons (Fsp3) is 1.00. The van der Waals surface area contributed by atoms with E-state index in [-0.39, 0.29) is 0 Å². The van der Waals surface area contributed by atoms with Crippen molar-refractivity contribution in [1.29, 1.82) is 0 Å². The molecular weight excluding hydrogens is 182 g/mol. The van der Waals surface area contributed by atoms with Crippen LogP contribution in [0.2, 0.25) is 0 Å². The minimum atomic E-state index is 0.341. The summed E-state index contributed by atoms with van der Waals surface area (Å²) in [7, 11) is 0. The highest BCUT2D eigenvalue weighted by molar-refractivity contribution is 8.00. The molecule has 0 amide bonds. The van der Waals surface area contributed by atoms with Crippen molar-refractivity contribution in [2.45, 2.75) is 37.6 Å². The number of ether oxygens (including phenoxy) is 1. The summed E-state index contributed by atoms with van der Waals surface area (Å²) in [6, 6.07) is 0. The Morgan fingerprint density at radius 2 is 2.00 bits per heavy atom. The van der Waals surface area contributed by atoms with E-state index in [2.05, 4.69) is 30.9 Å². The summed E-state index contributed by atoms with van der Waals surface area (Å²) in [6.45, 7) is 6.51. The standard InChI is InChI=1S/C10H19NOS/c1-10(2)7-13-9(11-10)8-3-5-12-6-4-8/h8-9,11H,3-7H2,1-2H3. The average Bonchev–Trinajstić information content (AvgIpc) is 2.48. The zero-order chi connectivity index (χ0) is 9.31. The topological polar surface area (TPSA) is 21.3 Å². The summed E-state index contributed by atoms with van der Waals surface area (Å²) in [5.41, 5.74) is 0.341. The molecule has 0 aliphatic carbocycles. The van der Waals surface area contributed by atoms with E-state index in [0.717, 1.165) is 19.1 Å². The monoisotopic (exact) mass is 201 g/mol. The van der Waals surface area contributed by atoms with E-state index in [0.29, 0.717) is 10.9 Å². The molecule has 0 aromatic rings. The Hall–Kier alpha value is 0.270. The fourth-order valence-corrected chi connectivity index (χ4v) is 3.67. The van der Waals surface area contributed by atoms with Crippen molar-refractivity contribution < 1.29 is 4.74 Å². The molecule has 2 saturated heterocycles. The molecule has 76 valence electrons. The molecule has 2 aliphatic heterocycles. The molecule has 2 aliphatic rings. The van der Waals surface area contributed by atoms with E-state index in [1.54, 1.807) is 0 Å². The van der Waals surface area contributed by atoms with Crippen LogP contribution in [-0.2, 0) is 4.74 Å². The summed E-state index contributed by atoms with van der Waals surface area (Å²) < 4.78 is 5.37. The van der Waals surface area contributed by atoms with Crippen LogP contribution in [0, 0.1) is 5.92 Å². The van der Waals surface area contributed by atoms with Crippen molar-refractivity contribution in [2.75, 3.05) is 19.0 Å². The van der Waals surface area contributed by atoms with Crippen molar-refractivity contribution >= 4 is 11.8 Å². The summed E-state index contributed by atoms with van der Waals surface area (Å²) in [5, 5.41) is 4.39. The number of hydrogen-bond donors (Lipinski definition) is 1. The lowest BCUT2D eigenvalue weighted by atomic mass is 9.98. The molecule has 1 N–H and O–H groups in total. The lowest BCUT2D eigenvalue weighted by Gasteiger charge is -2.28. The van der Waals surface area contributed by atoms with Crippen LogP contribution < -0.4 is 5.32 Å². The molecule has 3 heteroatoms. The molecular formula is C10H19NOS. The third-order valence-corrected chi connectivity index (χ3v) is 4.60. The van der Waals surface area contributed by atoms with Crippen molar-refractivity contribution in [1.82, 2.24) is 5.32 Å². The van der Waals surface area contributed by atoms with E-state index in [4.69, 9.17) is 4.74 Å². The van der Waals surface area contributed by atoms with E-state index < -0.39 is 0 Å². The van der Waals surface area contributed by atoms with Gasteiger partial charge in [-0.15, -0.1) is 11.8 Å². The lowest BCUT2D eigenvalue weighted by molar-refractivity contribution is 0.0620. The third kappa shape index (κ3) is 2.39. The van der Waals surface area contributed by atoms with Gasteiger partial charge < -0.3 is 4.74 Å². The molecule has 2 heterocycles. The van der Waals surface area contributed by atoms with Crippen molar-refractivity contribution in [3.05, 3.63) is 0 Å². The Morgan fingerprint density at radius 3 is 2.54 bits per heavy atom. The van der Waals surface area contributed by atoms with Crippen LogP contribution in [0.3, 0.4) is 0 Å². The Labute approximate surface area is 84.8 Å². The van der Waals surface area contributed by atoms with Gasteiger partial charge in [-0.2, -0.15) is 0 Å². The largest absolute Gasteiger partial charge is 0.381 e. The number of thioether (sulfide) groups is 1. The van der Waals surface area contributed by atoms with Crippen LogP contribution in [0.25, 0.3) is 0 Å². The molecule has 1 atom stereocenters. The van der Waals surface area contributed by atoms with Gasteiger partial charge in [0.1, 0.15) is 0 Å². The molecule has 0 bridgehead atoms. The van der Waals surface area contributed by atoms with Gasteiger partial charge in [0.2, 0.25) is 0 Å². The van der Waals surface area contributed by atoms with Gasteiger partial charge >= 0.3 is 0 Å². The highest BCUT2D eigenvalue weighted by Crippen LogP contribution is 2.34. The van der Waals surface area contributed by atoms with Gasteiger partial charge in [-0.25, -0.2) is 0 Å². The van der Waals surface area contributed by atoms with E-state index in [1.807, 2.05) is 0 Å². The molecule has 2 nitrogen and oxygen atoms in total. The minimum absolute atomic E-state index is 0.341. The second kappa shape index (κ2) is 3.79. The van der Waals surface area contributed by atoms with Crippen molar-refractivity contribution in [2.24, 2.45) is 5.92 Å². The van der Waals surface area contributed by atoms with Crippen molar-refractivity contribution in [3.8, 4) is 0 Å². The normalized spacial score (nSPS) is 35.1. The summed E-state index contributed by atoms with van der Waals surface area (Å²) in [6.07, 6.45) is 2.47. The predicted octanol–water partition coefficient (Wildman–Crippen LogP) is 1.85. The first kappa shape index (κ1) is 9.81. The van der Waals surface area contributed by atoms with Gasteiger partial charge in [-0.05, 0) is 32.6 Å². The van der Waals surface area contributed by atoms with Crippen LogP contribution in [0.4, 0.5) is 0 Å². The van der Waals surface area contributed by atoms with Gasteiger partial charge in [0.05, 0.1) is 5.37 Å². The first-order valence-corrected chi connectivity index (χ1v) is 6.19. The molecule has 0 radical (unpaired) electrons. The number of nitrogens with one attached hydrogen (secondary N) is 1. The molecule has 2 rings (SSSR count). The van der Waals surface area contributed by atoms with Crippen molar-refractivity contribution in [3.63, 3.8) is 0 Å². The van der Waals surface area contributed by atoms with Gasteiger partial charge in [-0.3, -0.25) is 5.32 Å². The van der Waals surface area contributed by atoms with Gasteiger partial charge in [0.25, 0.3) is 0 Å². The molecule has 2 fully saturated rings. The number of hydrogen-bond acceptors (Lipinski definition) is 3. The molecule has 0 spiro atoms. The fourth-order valence-electron chi connectivity index (χ4n) is 2.04. The van der Waals surface area contributed by atoms with Crippen LogP contribution in [0.15, 0.2) is 0 Å². The lowest BCUT2D eigenvalue weighted by Crippen LogP contribution is -2.42. The van der Waals surface area contributed by atoms with Crippen LogP contribution in [0.1, 0.15) is 26.7 Å². The Kier molecular flexibility index (Phi) is 2.86. The molecule has 1 unspecified atom stereocenters. The quantitative estimate of drug-likeness (QED) is 0.699. The Balaban J connectivity index is 1.87. The summed E-state index contributed by atoms with van der Waals surface area (Å²) in [4.78, 5) is 0. The SMILES string of the molecule is CC1(C)CSC(C2CCOCC2)N1.